The number of fused-ring (bicyclic) bond motifs is 2. The molecule has 32 heavy (non-hydrogen) atoms. The zero-order chi connectivity index (χ0) is 22.2. The number of nitrogens with one attached hydrogen (secondary N) is 1. The van der Waals surface area contributed by atoms with E-state index in [1.165, 1.54) is 4.40 Å². The third-order valence-corrected chi connectivity index (χ3v) is 5.70. The molecule has 1 amide bonds. The Bertz CT molecular complexity index is 1530. The molecule has 2 aromatic carbocycles. The number of nitrogens with zero attached hydrogens (tertiary/aromatic N) is 3. The topological polar surface area (TPSA) is 68.4 Å². The van der Waals surface area contributed by atoms with Gasteiger partial charge in [-0.25, -0.2) is 4.98 Å². The predicted octanol–water partition coefficient (Wildman–Crippen LogP) is 4.57. The van der Waals surface area contributed by atoms with Crippen molar-refractivity contribution in [2.75, 3.05) is 5.32 Å². The van der Waals surface area contributed by atoms with Crippen LogP contribution in [-0.2, 0) is 6.54 Å². The van der Waals surface area contributed by atoms with Crippen molar-refractivity contribution in [2.45, 2.75) is 20.4 Å². The molecule has 0 unspecified atom stereocenters. The number of pyridine rings is 1. The van der Waals surface area contributed by atoms with Gasteiger partial charge < -0.3 is 9.88 Å². The van der Waals surface area contributed by atoms with E-state index in [1.54, 1.807) is 12.3 Å². The number of benzene rings is 2. The molecule has 1 N–H and O–H groups in total. The Hall–Kier alpha value is -4.19. The molecule has 158 valence electrons. The molecular formula is C26H22N4O2. The molecule has 0 saturated heterocycles. The summed E-state index contributed by atoms with van der Waals surface area (Å²) in [7, 11) is 0. The fraction of sp³-hybridized carbons (Fsp3) is 0.115. The Morgan fingerprint density at radius 2 is 1.62 bits per heavy atom. The summed E-state index contributed by atoms with van der Waals surface area (Å²) in [4.78, 5) is 31.4. The summed E-state index contributed by atoms with van der Waals surface area (Å²) in [6.45, 7) is 4.29. The Morgan fingerprint density at radius 3 is 2.41 bits per heavy atom. The normalized spacial score (nSPS) is 11.2. The number of anilines is 1. The molecule has 6 nitrogen and oxygen atoms in total. The number of carbonyl (C=O) groups is 1. The Labute approximate surface area is 184 Å². The first kappa shape index (κ1) is 19.8. The molecule has 3 aromatic heterocycles. The highest BCUT2D eigenvalue weighted by molar-refractivity contribution is 6.06. The first-order valence-corrected chi connectivity index (χ1v) is 10.4. The van der Waals surface area contributed by atoms with E-state index in [0.29, 0.717) is 28.9 Å². The van der Waals surface area contributed by atoms with Gasteiger partial charge in [-0.3, -0.25) is 14.0 Å². The van der Waals surface area contributed by atoms with Gasteiger partial charge in [0.25, 0.3) is 11.5 Å². The summed E-state index contributed by atoms with van der Waals surface area (Å²) in [5, 5.41) is 3.41. The molecule has 0 atom stereocenters. The lowest BCUT2D eigenvalue weighted by molar-refractivity contribution is 0.101. The van der Waals surface area contributed by atoms with Crippen LogP contribution < -0.4 is 10.9 Å². The predicted molar refractivity (Wildman–Crippen MR) is 126 cm³/mol. The van der Waals surface area contributed by atoms with Gasteiger partial charge in [0.05, 0.1) is 5.39 Å². The second kappa shape index (κ2) is 7.81. The van der Waals surface area contributed by atoms with Gasteiger partial charge in [-0.05, 0) is 48.7 Å². The molecule has 5 aromatic rings. The lowest BCUT2D eigenvalue weighted by Crippen LogP contribution is -2.19. The van der Waals surface area contributed by atoms with Crippen LogP contribution in [0, 0.1) is 13.8 Å². The molecule has 5 rings (SSSR count). The highest BCUT2D eigenvalue weighted by Crippen LogP contribution is 2.22. The van der Waals surface area contributed by atoms with Crippen molar-refractivity contribution < 1.29 is 4.79 Å². The average molecular weight is 422 g/mol. The van der Waals surface area contributed by atoms with Gasteiger partial charge in [-0.15, -0.1) is 0 Å². The molecular weight excluding hydrogens is 400 g/mol. The Kier molecular flexibility index (Phi) is 4.82. The Balaban J connectivity index is 1.73. The van der Waals surface area contributed by atoms with Crippen LogP contribution in [0.1, 0.15) is 27.2 Å². The molecule has 0 aliphatic heterocycles. The summed E-state index contributed by atoms with van der Waals surface area (Å²) in [5.74, 6) is -0.279. The monoisotopic (exact) mass is 422 g/mol. The zero-order valence-corrected chi connectivity index (χ0v) is 17.9. The second-order valence-electron chi connectivity index (χ2n) is 7.91. The maximum atomic E-state index is 13.3. The fourth-order valence-electron chi connectivity index (χ4n) is 3.97. The van der Waals surface area contributed by atoms with Crippen LogP contribution in [0.5, 0.6) is 0 Å². The van der Waals surface area contributed by atoms with Crippen molar-refractivity contribution in [3.63, 3.8) is 0 Å². The van der Waals surface area contributed by atoms with Crippen LogP contribution in [0.15, 0.2) is 83.8 Å². The number of hydrogen-bond acceptors (Lipinski definition) is 3. The summed E-state index contributed by atoms with van der Waals surface area (Å²) < 4.78 is 3.36. The first-order chi connectivity index (χ1) is 15.5. The summed E-state index contributed by atoms with van der Waals surface area (Å²) >= 11 is 0. The molecule has 0 spiro atoms. The van der Waals surface area contributed by atoms with Crippen LogP contribution in [0.4, 0.5) is 5.69 Å². The Morgan fingerprint density at radius 1 is 0.906 bits per heavy atom. The van der Waals surface area contributed by atoms with Crippen LogP contribution in [0.25, 0.3) is 16.7 Å². The van der Waals surface area contributed by atoms with Gasteiger partial charge in [0, 0.05) is 18.4 Å². The fourth-order valence-corrected chi connectivity index (χ4v) is 3.97. The SMILES string of the molecule is Cc1ccccc1NC(=O)c1cc2c(=O)n3cccc(C)c3nc2n1Cc1ccccc1. The summed E-state index contributed by atoms with van der Waals surface area (Å²) in [5.41, 5.74) is 4.90. The molecule has 0 aliphatic rings. The number of amides is 1. The van der Waals surface area contributed by atoms with E-state index in [2.05, 4.69) is 5.32 Å². The van der Waals surface area contributed by atoms with Crippen LogP contribution >= 0.6 is 0 Å². The van der Waals surface area contributed by atoms with E-state index in [4.69, 9.17) is 4.98 Å². The molecule has 3 heterocycles. The van der Waals surface area contributed by atoms with Crippen molar-refractivity contribution in [1.82, 2.24) is 14.0 Å². The van der Waals surface area contributed by atoms with Crippen molar-refractivity contribution in [3.8, 4) is 0 Å². The maximum absolute atomic E-state index is 13.3. The molecule has 0 bridgehead atoms. The number of carbonyl (C=O) groups excluding carboxylic acids is 1. The van der Waals surface area contributed by atoms with E-state index in [1.807, 2.05) is 85.1 Å². The van der Waals surface area contributed by atoms with Gasteiger partial charge in [0.15, 0.2) is 0 Å². The molecule has 0 aliphatic carbocycles. The summed E-state index contributed by atoms with van der Waals surface area (Å²) in [6, 6.07) is 22.9. The lowest BCUT2D eigenvalue weighted by atomic mass is 10.2. The van der Waals surface area contributed by atoms with E-state index < -0.39 is 0 Å². The quantitative estimate of drug-likeness (QED) is 0.461. The van der Waals surface area contributed by atoms with E-state index >= 15 is 0 Å². The molecule has 6 heteroatoms. The van der Waals surface area contributed by atoms with E-state index in [0.717, 1.165) is 22.4 Å². The minimum Gasteiger partial charge on any atom is -0.320 e. The molecule has 0 fully saturated rings. The smallest absolute Gasteiger partial charge is 0.272 e. The van der Waals surface area contributed by atoms with Gasteiger partial charge in [0.1, 0.15) is 17.0 Å². The summed E-state index contributed by atoms with van der Waals surface area (Å²) in [6.07, 6.45) is 1.71. The van der Waals surface area contributed by atoms with Crippen LogP contribution in [-0.4, -0.2) is 19.9 Å². The average Bonchev–Trinajstić information content (AvgIpc) is 3.16. The third kappa shape index (κ3) is 3.36. The van der Waals surface area contributed by atoms with Gasteiger partial charge in [-0.1, -0.05) is 54.6 Å². The lowest BCUT2D eigenvalue weighted by Gasteiger charge is -2.12. The van der Waals surface area contributed by atoms with Crippen LogP contribution in [0.2, 0.25) is 0 Å². The maximum Gasteiger partial charge on any atom is 0.272 e. The third-order valence-electron chi connectivity index (χ3n) is 5.70. The minimum atomic E-state index is -0.279. The van der Waals surface area contributed by atoms with Crippen LogP contribution in [0.3, 0.4) is 0 Å². The molecule has 0 saturated carbocycles. The number of aromatic nitrogens is 3. The standard InChI is InChI=1S/C26H22N4O2/c1-17-9-6-7-13-21(17)27-25(31)22-15-20-24(30(22)16-19-11-4-3-5-12-19)28-23-18(2)10-8-14-29(23)26(20)32/h3-15H,16H2,1-2H3,(H,27,31). The minimum absolute atomic E-state index is 0.189. The van der Waals surface area contributed by atoms with Crippen molar-refractivity contribution in [2.24, 2.45) is 0 Å². The van der Waals surface area contributed by atoms with Gasteiger partial charge >= 0.3 is 0 Å². The first-order valence-electron chi connectivity index (χ1n) is 10.4. The van der Waals surface area contributed by atoms with Crippen molar-refractivity contribution >= 4 is 28.3 Å². The van der Waals surface area contributed by atoms with Gasteiger partial charge in [-0.2, -0.15) is 0 Å². The van der Waals surface area contributed by atoms with Crippen molar-refractivity contribution in [1.29, 1.82) is 0 Å². The second-order valence-corrected chi connectivity index (χ2v) is 7.91. The van der Waals surface area contributed by atoms with Crippen molar-refractivity contribution in [3.05, 3.63) is 112 Å². The number of hydrogen-bond donors (Lipinski definition) is 1. The van der Waals surface area contributed by atoms with Gasteiger partial charge in [0.2, 0.25) is 0 Å². The number of para-hydroxylation sites is 1. The zero-order valence-electron chi connectivity index (χ0n) is 17.9. The highest BCUT2D eigenvalue weighted by atomic mass is 16.2. The van der Waals surface area contributed by atoms with E-state index in [-0.39, 0.29) is 11.5 Å². The molecule has 0 radical (unpaired) electrons. The largest absolute Gasteiger partial charge is 0.320 e. The number of aryl methyl sites for hydroxylation is 2. The number of rotatable bonds is 4. The highest BCUT2D eigenvalue weighted by Gasteiger charge is 2.21. The van der Waals surface area contributed by atoms with E-state index in [9.17, 15) is 9.59 Å².